The minimum Gasteiger partial charge on any atom is -0.466 e. The average Bonchev–Trinajstić information content (AvgIpc) is 3.31. The molecule has 1 aromatic rings. The van der Waals surface area contributed by atoms with Crippen LogP contribution in [0, 0.1) is 22.7 Å². The highest BCUT2D eigenvalue weighted by molar-refractivity contribution is 5.49. The molecule has 2 aliphatic heterocycles. The number of allylic oxidation sites excluding steroid dienone is 1. The molecular formula is C19H26N6O. The zero-order valence-corrected chi connectivity index (χ0v) is 15.4. The Labute approximate surface area is 155 Å². The number of furan rings is 1. The van der Waals surface area contributed by atoms with Gasteiger partial charge < -0.3 is 19.5 Å². The maximum Gasteiger partial charge on any atom is 0.169 e. The predicted octanol–water partition coefficient (Wildman–Crippen LogP) is 1.87. The van der Waals surface area contributed by atoms with Gasteiger partial charge in [0.25, 0.3) is 0 Å². The van der Waals surface area contributed by atoms with E-state index in [2.05, 4.69) is 27.1 Å². The van der Waals surface area contributed by atoms with Crippen LogP contribution in [0.25, 0.3) is 0 Å². The zero-order chi connectivity index (χ0) is 18.4. The van der Waals surface area contributed by atoms with Crippen LogP contribution in [0.4, 0.5) is 5.69 Å². The van der Waals surface area contributed by atoms with Crippen molar-refractivity contribution in [3.8, 4) is 12.1 Å². The Morgan fingerprint density at radius 1 is 1.23 bits per heavy atom. The van der Waals surface area contributed by atoms with Gasteiger partial charge in [-0.15, -0.1) is 0 Å². The highest BCUT2D eigenvalue weighted by atomic mass is 16.3. The van der Waals surface area contributed by atoms with Crippen LogP contribution < -0.4 is 10.2 Å². The third-order valence-electron chi connectivity index (χ3n) is 5.11. The lowest BCUT2D eigenvalue weighted by molar-refractivity contribution is 0.205. The van der Waals surface area contributed by atoms with Crippen molar-refractivity contribution in [2.75, 3.05) is 51.2 Å². The molecule has 2 aliphatic rings. The van der Waals surface area contributed by atoms with Crippen LogP contribution in [0.3, 0.4) is 0 Å². The molecule has 0 aromatic carbocycles. The fourth-order valence-electron chi connectivity index (χ4n) is 3.64. The average molecular weight is 354 g/mol. The van der Waals surface area contributed by atoms with E-state index >= 15 is 0 Å². The van der Waals surface area contributed by atoms with Crippen LogP contribution in [0.15, 0.2) is 28.1 Å². The first-order valence-corrected chi connectivity index (χ1v) is 9.26. The molecule has 2 saturated heterocycles. The van der Waals surface area contributed by atoms with Crippen LogP contribution in [0.1, 0.15) is 25.0 Å². The van der Waals surface area contributed by atoms with Crippen molar-refractivity contribution in [3.63, 3.8) is 0 Å². The Bertz CT molecular complexity index is 703. The number of nitriles is 2. The van der Waals surface area contributed by atoms with Gasteiger partial charge in [-0.05, 0) is 25.9 Å². The first kappa shape index (κ1) is 18.2. The Kier molecular flexibility index (Phi) is 6.04. The molecule has 1 aromatic heterocycles. The van der Waals surface area contributed by atoms with E-state index in [4.69, 9.17) is 14.9 Å². The standard InChI is InChI=1S/C19H26N6O/c1-23(10-11-25-9-6-22-19(25)16(13-20)14-21)17-5-12-26-18(17)15-24-7-3-2-4-8-24/h5,12,22H,2-4,6-11,15H2,1H3. The third kappa shape index (κ3) is 4.12. The van der Waals surface area contributed by atoms with Crippen molar-refractivity contribution in [3.05, 3.63) is 29.5 Å². The number of nitrogens with one attached hydrogen (secondary N) is 1. The van der Waals surface area contributed by atoms with E-state index in [-0.39, 0.29) is 5.57 Å². The molecular weight excluding hydrogens is 328 g/mol. The minimum absolute atomic E-state index is 0.152. The molecule has 0 bridgehead atoms. The van der Waals surface area contributed by atoms with Crippen molar-refractivity contribution in [1.29, 1.82) is 10.5 Å². The number of piperidine rings is 1. The highest BCUT2D eigenvalue weighted by Crippen LogP contribution is 2.24. The lowest BCUT2D eigenvalue weighted by Crippen LogP contribution is -2.33. The van der Waals surface area contributed by atoms with Gasteiger partial charge in [0.1, 0.15) is 23.7 Å². The van der Waals surface area contributed by atoms with Gasteiger partial charge in [-0.3, -0.25) is 4.90 Å². The lowest BCUT2D eigenvalue weighted by atomic mass is 10.1. The minimum atomic E-state index is 0.152. The van der Waals surface area contributed by atoms with Gasteiger partial charge in [-0.25, -0.2) is 0 Å². The molecule has 0 spiro atoms. The molecule has 0 unspecified atom stereocenters. The van der Waals surface area contributed by atoms with E-state index in [0.29, 0.717) is 5.82 Å². The topological polar surface area (TPSA) is 82.5 Å². The summed E-state index contributed by atoms with van der Waals surface area (Å²) in [5.41, 5.74) is 1.27. The van der Waals surface area contributed by atoms with Crippen LogP contribution in [-0.2, 0) is 6.54 Å². The van der Waals surface area contributed by atoms with Crippen molar-refractivity contribution in [2.24, 2.45) is 0 Å². The quantitative estimate of drug-likeness (QED) is 0.781. The van der Waals surface area contributed by atoms with E-state index in [1.54, 1.807) is 6.26 Å². The first-order chi connectivity index (χ1) is 12.7. The summed E-state index contributed by atoms with van der Waals surface area (Å²) in [7, 11) is 2.06. The largest absolute Gasteiger partial charge is 0.466 e. The summed E-state index contributed by atoms with van der Waals surface area (Å²) in [6.45, 7) is 6.25. The van der Waals surface area contributed by atoms with E-state index in [1.807, 2.05) is 18.2 Å². The molecule has 3 rings (SSSR count). The second kappa shape index (κ2) is 8.64. The maximum absolute atomic E-state index is 9.10. The smallest absolute Gasteiger partial charge is 0.169 e. The summed E-state index contributed by atoms with van der Waals surface area (Å²) in [4.78, 5) is 6.72. The summed E-state index contributed by atoms with van der Waals surface area (Å²) >= 11 is 0. The number of rotatable bonds is 6. The van der Waals surface area contributed by atoms with Gasteiger partial charge in [0, 0.05) is 39.3 Å². The summed E-state index contributed by atoms with van der Waals surface area (Å²) in [5, 5.41) is 21.3. The Morgan fingerprint density at radius 3 is 2.73 bits per heavy atom. The fraction of sp³-hybridized carbons (Fsp3) is 0.579. The Morgan fingerprint density at radius 2 is 2.00 bits per heavy atom. The molecule has 0 amide bonds. The molecule has 0 saturated carbocycles. The van der Waals surface area contributed by atoms with Crippen molar-refractivity contribution < 1.29 is 4.42 Å². The third-order valence-corrected chi connectivity index (χ3v) is 5.11. The SMILES string of the molecule is CN(CCN1CCNC1=C(C#N)C#N)c1ccoc1CN1CCCCC1. The molecule has 26 heavy (non-hydrogen) atoms. The molecule has 138 valence electrons. The Balaban J connectivity index is 1.60. The molecule has 0 atom stereocenters. The maximum atomic E-state index is 9.10. The predicted molar refractivity (Wildman–Crippen MR) is 98.9 cm³/mol. The fourth-order valence-corrected chi connectivity index (χ4v) is 3.64. The monoisotopic (exact) mass is 354 g/mol. The molecule has 0 aliphatic carbocycles. The zero-order valence-electron chi connectivity index (χ0n) is 15.4. The van der Waals surface area contributed by atoms with Crippen LogP contribution in [0.2, 0.25) is 0 Å². The molecule has 2 fully saturated rings. The second-order valence-electron chi connectivity index (χ2n) is 6.85. The lowest BCUT2D eigenvalue weighted by Gasteiger charge is -2.28. The van der Waals surface area contributed by atoms with Crippen molar-refractivity contribution >= 4 is 5.69 Å². The number of nitrogens with zero attached hydrogens (tertiary/aromatic N) is 5. The number of hydrogen-bond donors (Lipinski definition) is 1. The van der Waals surface area contributed by atoms with E-state index < -0.39 is 0 Å². The van der Waals surface area contributed by atoms with Crippen LogP contribution >= 0.6 is 0 Å². The van der Waals surface area contributed by atoms with Gasteiger partial charge in [-0.1, -0.05) is 6.42 Å². The van der Waals surface area contributed by atoms with Gasteiger partial charge in [-0.2, -0.15) is 10.5 Å². The molecule has 7 nitrogen and oxygen atoms in total. The second-order valence-corrected chi connectivity index (χ2v) is 6.85. The van der Waals surface area contributed by atoms with Crippen molar-refractivity contribution in [1.82, 2.24) is 15.1 Å². The summed E-state index contributed by atoms with van der Waals surface area (Å²) < 4.78 is 5.75. The number of hydrogen-bond acceptors (Lipinski definition) is 7. The highest BCUT2D eigenvalue weighted by Gasteiger charge is 2.22. The number of anilines is 1. The van der Waals surface area contributed by atoms with Gasteiger partial charge >= 0.3 is 0 Å². The van der Waals surface area contributed by atoms with Gasteiger partial charge in [0.2, 0.25) is 0 Å². The molecule has 7 heteroatoms. The van der Waals surface area contributed by atoms with E-state index in [9.17, 15) is 0 Å². The van der Waals surface area contributed by atoms with E-state index in [0.717, 1.165) is 57.3 Å². The molecule has 1 N–H and O–H groups in total. The van der Waals surface area contributed by atoms with Gasteiger partial charge in [0.15, 0.2) is 5.57 Å². The van der Waals surface area contributed by atoms with Crippen molar-refractivity contribution in [2.45, 2.75) is 25.8 Å². The van der Waals surface area contributed by atoms with Gasteiger partial charge in [0.05, 0.1) is 18.5 Å². The summed E-state index contributed by atoms with van der Waals surface area (Å²) in [6.07, 6.45) is 5.62. The first-order valence-electron chi connectivity index (χ1n) is 9.26. The Hall–Kier alpha value is -2.64. The number of likely N-dealkylation sites (tertiary alicyclic amines) is 1. The summed E-state index contributed by atoms with van der Waals surface area (Å²) in [6, 6.07) is 5.97. The molecule has 0 radical (unpaired) electrons. The van der Waals surface area contributed by atoms with E-state index in [1.165, 1.54) is 19.3 Å². The summed E-state index contributed by atoms with van der Waals surface area (Å²) in [5.74, 6) is 1.67. The van der Waals surface area contributed by atoms with Crippen LogP contribution in [-0.4, -0.2) is 56.1 Å². The normalized spacial score (nSPS) is 17.5. The molecule has 3 heterocycles. The van der Waals surface area contributed by atoms with Crippen LogP contribution in [0.5, 0.6) is 0 Å². The number of likely N-dealkylation sites (N-methyl/N-ethyl adjacent to an activating group) is 1.